The molecule has 0 radical (unpaired) electrons. The Hall–Kier alpha value is -3.89. The monoisotopic (exact) mass is 769 g/mol. The van der Waals surface area contributed by atoms with E-state index in [1.54, 1.807) is 48.8 Å². The lowest BCUT2D eigenvalue weighted by Crippen LogP contribution is -3.00. The molecule has 12 nitrogen and oxygen atoms in total. The highest BCUT2D eigenvalue weighted by Gasteiger charge is 2.24. The number of nitrogens with zero attached hydrogens (tertiary/aromatic N) is 3. The number of halogens is 2. The van der Waals surface area contributed by atoms with Crippen LogP contribution in [0.25, 0.3) is 0 Å². The minimum absolute atomic E-state index is 0. The predicted octanol–water partition coefficient (Wildman–Crippen LogP) is 2.49. The van der Waals surface area contributed by atoms with E-state index in [0.717, 1.165) is 11.9 Å². The van der Waals surface area contributed by atoms with E-state index in [0.29, 0.717) is 11.4 Å². The Morgan fingerprint density at radius 3 is 2.33 bits per heavy atom. The third kappa shape index (κ3) is 9.80. The number of benzene rings is 2. The molecule has 4 rings (SSSR count). The molecule has 240 valence electrons. The van der Waals surface area contributed by atoms with E-state index in [-0.39, 0.29) is 75.7 Å². The molecule has 0 aliphatic carbocycles. The number of carbonyl (C=O) groups excluding carboxylic acids is 1. The topological polar surface area (TPSA) is 142 Å². The summed E-state index contributed by atoms with van der Waals surface area (Å²) in [5.74, 6) is 0.0759. The first kappa shape index (κ1) is 35.6. The fraction of sp³-hybridized carbons (Fsp3) is 0.267. The number of anilines is 2. The Morgan fingerprint density at radius 1 is 1.00 bits per heavy atom. The lowest BCUT2D eigenvalue weighted by molar-refractivity contribution is -0.671. The van der Waals surface area contributed by atoms with Gasteiger partial charge in [-0.1, -0.05) is 44.5 Å². The van der Waals surface area contributed by atoms with Crippen molar-refractivity contribution < 1.29 is 60.7 Å². The first-order valence-corrected chi connectivity index (χ1v) is 15.2. The molecular weight excluding hydrogens is 737 g/mol. The van der Waals surface area contributed by atoms with Crippen LogP contribution in [0, 0.1) is 0 Å². The van der Waals surface area contributed by atoms with E-state index >= 15 is 0 Å². The second-order valence-electron chi connectivity index (χ2n) is 10.5. The molecule has 0 saturated carbocycles. The van der Waals surface area contributed by atoms with Gasteiger partial charge in [-0.25, -0.2) is 22.8 Å². The zero-order valence-electron chi connectivity index (χ0n) is 25.2. The minimum Gasteiger partial charge on any atom is -1.00 e. The molecule has 0 aliphatic rings. The van der Waals surface area contributed by atoms with Crippen molar-refractivity contribution in [3.05, 3.63) is 83.9 Å². The van der Waals surface area contributed by atoms with Crippen LogP contribution in [0.1, 0.15) is 26.3 Å². The van der Waals surface area contributed by atoms with Crippen molar-refractivity contribution in [1.82, 2.24) is 9.97 Å². The van der Waals surface area contributed by atoms with Gasteiger partial charge in [0.25, 0.3) is 15.9 Å². The molecule has 0 saturated heterocycles. The van der Waals surface area contributed by atoms with Crippen molar-refractivity contribution in [2.75, 3.05) is 30.4 Å². The minimum atomic E-state index is -4.11. The van der Waals surface area contributed by atoms with E-state index in [1.807, 2.05) is 32.4 Å². The summed E-state index contributed by atoms with van der Waals surface area (Å²) in [5, 5.41) is 2.82. The largest absolute Gasteiger partial charge is 1.00 e. The molecule has 4 aromatic rings. The molecule has 1 amide bonds. The number of carbonyl (C=O) groups is 1. The maximum Gasteiger partial charge on any atom is 0.411 e. The number of hydrogen-bond acceptors (Lipinski definition) is 9. The normalized spacial score (nSPS) is 11.2. The van der Waals surface area contributed by atoms with Gasteiger partial charge in [0.1, 0.15) is 38.1 Å². The van der Waals surface area contributed by atoms with Crippen LogP contribution in [0.5, 0.6) is 23.1 Å². The third-order valence-electron chi connectivity index (χ3n) is 6.16. The molecule has 0 aliphatic heterocycles. The lowest BCUT2D eigenvalue weighted by Gasteiger charge is -2.19. The first-order valence-electron chi connectivity index (χ1n) is 13.4. The van der Waals surface area contributed by atoms with Crippen LogP contribution in [0.2, 0.25) is 5.02 Å². The fourth-order valence-electron chi connectivity index (χ4n) is 3.76. The van der Waals surface area contributed by atoms with Gasteiger partial charge in [0, 0.05) is 18.2 Å². The zero-order chi connectivity index (χ0) is 31.9. The number of aryl methyl sites for hydroxylation is 1. The van der Waals surface area contributed by atoms with Gasteiger partial charge in [-0.3, -0.25) is 10.0 Å². The van der Waals surface area contributed by atoms with Crippen molar-refractivity contribution in [3.63, 3.8) is 0 Å². The fourth-order valence-corrected chi connectivity index (χ4v) is 4.92. The van der Waals surface area contributed by atoms with E-state index in [9.17, 15) is 13.2 Å². The molecule has 15 heteroatoms. The number of nitrogens with one attached hydrogen (secondary N) is 2. The summed E-state index contributed by atoms with van der Waals surface area (Å²) in [5.41, 5.74) is 1.37. The summed E-state index contributed by atoms with van der Waals surface area (Å²) in [7, 11) is -0.779. The van der Waals surface area contributed by atoms with Crippen molar-refractivity contribution in [2.24, 2.45) is 7.05 Å². The Balaban J connectivity index is 0.00000552. The number of hydrogen-bond donors (Lipinski definition) is 2. The van der Waals surface area contributed by atoms with Crippen LogP contribution < -0.4 is 52.8 Å². The first-order chi connectivity index (χ1) is 20.9. The Kier molecular flexibility index (Phi) is 12.2. The number of amides is 1. The van der Waals surface area contributed by atoms with Gasteiger partial charge in [0.05, 0.1) is 22.7 Å². The maximum absolute atomic E-state index is 13.4. The van der Waals surface area contributed by atoms with Gasteiger partial charge in [-0.15, -0.1) is 0 Å². The molecule has 45 heavy (non-hydrogen) atoms. The van der Waals surface area contributed by atoms with Crippen LogP contribution in [-0.2, 0) is 27.2 Å². The standard InChI is InChI=1S/C30H32ClN5O7S.HI/c1-30(2,3)20-6-9-23(10-7-20)44(38,39)35-27-26(43-25-18-22(40-5)8-11-24(25)31)28(33-19-32-27)41-16-17-42-29(37)34-21-12-14-36(4)15-13-21;/h6-15,18-19H,16-17H2,1-5H3,(H,32,33,35);1H. The highest BCUT2D eigenvalue weighted by molar-refractivity contribution is 7.92. The number of methoxy groups -OCH3 is 1. The van der Waals surface area contributed by atoms with Crippen LogP contribution in [0.3, 0.4) is 0 Å². The van der Waals surface area contributed by atoms with Crippen LogP contribution in [0.4, 0.5) is 16.3 Å². The van der Waals surface area contributed by atoms with Crippen LogP contribution in [-0.4, -0.2) is 44.8 Å². The second kappa shape index (κ2) is 15.4. The van der Waals surface area contributed by atoms with Gasteiger partial charge in [-0.2, -0.15) is 4.98 Å². The maximum atomic E-state index is 13.4. The lowest BCUT2D eigenvalue weighted by atomic mass is 9.87. The Morgan fingerprint density at radius 2 is 1.69 bits per heavy atom. The number of sulfonamides is 1. The van der Waals surface area contributed by atoms with Crippen LogP contribution >= 0.6 is 11.6 Å². The third-order valence-corrected chi connectivity index (χ3v) is 7.83. The van der Waals surface area contributed by atoms with Crippen molar-refractivity contribution in [1.29, 1.82) is 0 Å². The zero-order valence-corrected chi connectivity index (χ0v) is 28.9. The molecule has 0 atom stereocenters. The smallest absolute Gasteiger partial charge is 0.411 e. The summed E-state index contributed by atoms with van der Waals surface area (Å²) in [6, 6.07) is 14.7. The van der Waals surface area contributed by atoms with Crippen LogP contribution in [0.15, 0.2) is 78.2 Å². The summed E-state index contributed by atoms with van der Waals surface area (Å²) in [6.45, 7) is 5.80. The Bertz CT molecular complexity index is 1720. The number of rotatable bonds is 11. The van der Waals surface area contributed by atoms with Gasteiger partial charge >= 0.3 is 6.09 Å². The number of pyridine rings is 1. The van der Waals surface area contributed by atoms with E-state index in [1.165, 1.54) is 25.3 Å². The van der Waals surface area contributed by atoms with Crippen molar-refractivity contribution in [3.8, 4) is 23.1 Å². The van der Waals surface area contributed by atoms with Gasteiger partial charge in [0.2, 0.25) is 5.75 Å². The van der Waals surface area contributed by atoms with Crippen molar-refractivity contribution >= 4 is 39.2 Å². The molecule has 2 N–H and O–H groups in total. The highest BCUT2D eigenvalue weighted by Crippen LogP contribution is 2.40. The summed E-state index contributed by atoms with van der Waals surface area (Å²) in [4.78, 5) is 20.4. The molecule has 2 aromatic carbocycles. The summed E-state index contributed by atoms with van der Waals surface area (Å²) >= 11 is 6.36. The highest BCUT2D eigenvalue weighted by atomic mass is 127. The quantitative estimate of drug-likeness (QED) is 0.134. The van der Waals surface area contributed by atoms with E-state index < -0.39 is 16.1 Å². The van der Waals surface area contributed by atoms with Gasteiger partial charge in [0.15, 0.2) is 18.2 Å². The average Bonchev–Trinajstić information content (AvgIpc) is 2.98. The van der Waals surface area contributed by atoms with E-state index in [4.69, 9.17) is 30.5 Å². The molecule has 0 bridgehead atoms. The molecule has 0 unspecified atom stereocenters. The Labute approximate surface area is 284 Å². The van der Waals surface area contributed by atoms with Gasteiger partial charge in [-0.05, 0) is 35.2 Å². The predicted molar refractivity (Wildman–Crippen MR) is 164 cm³/mol. The second-order valence-corrected chi connectivity index (χ2v) is 12.6. The SMILES string of the molecule is COc1ccc(Cl)c(Oc2c(NS(=O)(=O)c3ccc(C(C)(C)C)cc3)ncnc2OCCOC(=O)Nc2cc[n+](C)cc2)c1.[I-]. The van der Waals surface area contributed by atoms with E-state index in [2.05, 4.69) is 20.0 Å². The molecule has 2 aromatic heterocycles. The van der Waals surface area contributed by atoms with Gasteiger partial charge < -0.3 is 42.9 Å². The molecule has 0 spiro atoms. The number of ether oxygens (including phenoxy) is 4. The summed E-state index contributed by atoms with van der Waals surface area (Å²) in [6.07, 6.45) is 3.97. The molecule has 2 heterocycles. The van der Waals surface area contributed by atoms with Crippen molar-refractivity contribution in [2.45, 2.75) is 31.1 Å². The molecule has 0 fully saturated rings. The molecular formula is C30H33ClIN5O7S. The summed E-state index contributed by atoms with van der Waals surface area (Å²) < 4.78 is 53.2. The average molecular weight is 770 g/mol. The number of aromatic nitrogens is 3.